The number of hydrogen-bond donors (Lipinski definition) is 1. The van der Waals surface area contributed by atoms with Gasteiger partial charge in [0.15, 0.2) is 5.78 Å². The first kappa shape index (κ1) is 20.1. The van der Waals surface area contributed by atoms with Crippen LogP contribution in [0.3, 0.4) is 0 Å². The Kier molecular flexibility index (Phi) is 5.29. The molecule has 1 aliphatic rings. The summed E-state index contributed by atoms with van der Waals surface area (Å²) in [5.41, 5.74) is 3.75. The number of para-hydroxylation sites is 1. The zero-order chi connectivity index (χ0) is 21.3. The van der Waals surface area contributed by atoms with Crippen molar-refractivity contribution in [3.05, 3.63) is 89.2 Å². The summed E-state index contributed by atoms with van der Waals surface area (Å²) >= 11 is 0. The molecule has 0 amide bonds. The number of fused-ring (bicyclic) bond motifs is 1. The first-order chi connectivity index (χ1) is 14.3. The quantitative estimate of drug-likeness (QED) is 0.500. The van der Waals surface area contributed by atoms with Crippen LogP contribution in [0, 0.1) is 12.3 Å². The van der Waals surface area contributed by atoms with Crippen LogP contribution >= 0.6 is 0 Å². The SMILES string of the molecule is Cc1ccccc1N=C(Cc1cccc2ccccc12)C1=C(O)CC(C)(C)CC1=O. The largest absolute Gasteiger partial charge is 0.511 e. The van der Waals surface area contributed by atoms with Gasteiger partial charge in [0.1, 0.15) is 5.76 Å². The minimum absolute atomic E-state index is 0.0312. The second-order valence-electron chi connectivity index (χ2n) is 8.92. The van der Waals surface area contributed by atoms with Gasteiger partial charge in [-0.2, -0.15) is 0 Å². The van der Waals surface area contributed by atoms with Gasteiger partial charge >= 0.3 is 0 Å². The highest BCUT2D eigenvalue weighted by Gasteiger charge is 2.35. The number of carbonyl (C=O) groups excluding carboxylic acids is 1. The minimum atomic E-state index is -0.238. The molecule has 0 heterocycles. The molecule has 0 fully saturated rings. The fourth-order valence-electron chi connectivity index (χ4n) is 4.26. The number of aryl methyl sites for hydroxylation is 1. The molecule has 3 aromatic carbocycles. The molecule has 0 radical (unpaired) electrons. The number of aliphatic imine (C=N–C) groups is 1. The molecule has 0 spiro atoms. The molecule has 0 saturated carbocycles. The molecular formula is C27H27NO2. The van der Waals surface area contributed by atoms with Crippen LogP contribution < -0.4 is 0 Å². The highest BCUT2D eigenvalue weighted by atomic mass is 16.3. The van der Waals surface area contributed by atoms with Crippen LogP contribution in [0.2, 0.25) is 0 Å². The van der Waals surface area contributed by atoms with Crippen LogP contribution in [0.5, 0.6) is 0 Å². The molecule has 3 aromatic rings. The van der Waals surface area contributed by atoms with Gasteiger partial charge in [0.25, 0.3) is 0 Å². The van der Waals surface area contributed by atoms with E-state index in [9.17, 15) is 9.90 Å². The summed E-state index contributed by atoms with van der Waals surface area (Å²) in [5, 5.41) is 13.2. The Labute approximate surface area is 177 Å². The lowest BCUT2D eigenvalue weighted by atomic mass is 9.75. The number of ketones is 1. The van der Waals surface area contributed by atoms with Gasteiger partial charge in [-0.1, -0.05) is 74.5 Å². The lowest BCUT2D eigenvalue weighted by Gasteiger charge is -2.30. The number of carbonyl (C=O) groups is 1. The van der Waals surface area contributed by atoms with Crippen LogP contribution in [-0.2, 0) is 11.2 Å². The summed E-state index contributed by atoms with van der Waals surface area (Å²) in [6.07, 6.45) is 1.38. The van der Waals surface area contributed by atoms with Gasteiger partial charge in [-0.05, 0) is 40.3 Å². The van der Waals surface area contributed by atoms with Gasteiger partial charge in [-0.25, -0.2) is 0 Å². The Bertz CT molecular complexity index is 1180. The van der Waals surface area contributed by atoms with Gasteiger partial charge < -0.3 is 5.11 Å². The zero-order valence-corrected chi connectivity index (χ0v) is 17.8. The van der Waals surface area contributed by atoms with Crippen molar-refractivity contribution in [1.29, 1.82) is 0 Å². The van der Waals surface area contributed by atoms with Crippen LogP contribution in [0.1, 0.15) is 37.8 Å². The van der Waals surface area contributed by atoms with Gasteiger partial charge in [0.2, 0.25) is 0 Å². The topological polar surface area (TPSA) is 49.7 Å². The monoisotopic (exact) mass is 397 g/mol. The molecule has 30 heavy (non-hydrogen) atoms. The Hall–Kier alpha value is -3.20. The molecule has 0 unspecified atom stereocenters. The molecule has 1 aliphatic carbocycles. The zero-order valence-electron chi connectivity index (χ0n) is 17.8. The second-order valence-corrected chi connectivity index (χ2v) is 8.92. The van der Waals surface area contributed by atoms with Crippen molar-refractivity contribution < 1.29 is 9.90 Å². The minimum Gasteiger partial charge on any atom is -0.511 e. The molecule has 0 aliphatic heterocycles. The summed E-state index contributed by atoms with van der Waals surface area (Å²) in [6.45, 7) is 6.04. The third-order valence-electron chi connectivity index (χ3n) is 5.75. The Balaban J connectivity index is 1.87. The van der Waals surface area contributed by atoms with Crippen LogP contribution in [0.25, 0.3) is 10.8 Å². The molecule has 0 aromatic heterocycles. The number of rotatable bonds is 4. The fraction of sp³-hybridized carbons (Fsp3) is 0.259. The van der Waals surface area contributed by atoms with E-state index >= 15 is 0 Å². The number of allylic oxidation sites excluding steroid dienone is 2. The Morgan fingerprint density at radius 3 is 2.43 bits per heavy atom. The molecule has 1 N–H and O–H groups in total. The van der Waals surface area contributed by atoms with E-state index in [1.165, 1.54) is 0 Å². The third kappa shape index (κ3) is 4.06. The van der Waals surface area contributed by atoms with E-state index in [4.69, 9.17) is 4.99 Å². The molecule has 3 nitrogen and oxygen atoms in total. The van der Waals surface area contributed by atoms with Crippen molar-refractivity contribution in [3.8, 4) is 0 Å². The van der Waals surface area contributed by atoms with Crippen LogP contribution in [0.15, 0.2) is 83.1 Å². The number of hydrogen-bond acceptors (Lipinski definition) is 3. The van der Waals surface area contributed by atoms with Crippen molar-refractivity contribution in [3.63, 3.8) is 0 Å². The predicted octanol–water partition coefficient (Wildman–Crippen LogP) is 6.66. The summed E-state index contributed by atoms with van der Waals surface area (Å²) in [4.78, 5) is 18.0. The summed E-state index contributed by atoms with van der Waals surface area (Å²) in [7, 11) is 0. The average molecular weight is 398 g/mol. The van der Waals surface area contributed by atoms with Crippen molar-refractivity contribution in [2.24, 2.45) is 10.4 Å². The average Bonchev–Trinajstić information content (AvgIpc) is 2.68. The van der Waals surface area contributed by atoms with E-state index in [0.29, 0.717) is 30.5 Å². The number of aliphatic hydroxyl groups excluding tert-OH is 1. The van der Waals surface area contributed by atoms with Gasteiger partial charge in [-0.15, -0.1) is 0 Å². The Morgan fingerprint density at radius 2 is 1.67 bits per heavy atom. The molecule has 4 rings (SSSR count). The smallest absolute Gasteiger partial charge is 0.168 e. The van der Waals surface area contributed by atoms with Crippen molar-refractivity contribution in [1.82, 2.24) is 0 Å². The van der Waals surface area contributed by atoms with E-state index in [0.717, 1.165) is 27.6 Å². The molecule has 0 saturated heterocycles. The maximum atomic E-state index is 13.1. The first-order valence-corrected chi connectivity index (χ1v) is 10.4. The van der Waals surface area contributed by atoms with E-state index in [2.05, 4.69) is 24.3 Å². The third-order valence-corrected chi connectivity index (χ3v) is 5.75. The maximum Gasteiger partial charge on any atom is 0.168 e. The standard InChI is InChI=1S/C27H27NO2/c1-18-9-4-7-14-22(18)28-23(26-24(29)16-27(2,3)17-25(26)30)15-20-12-8-11-19-10-5-6-13-21(19)20/h4-14,29H,15-17H2,1-3H3. The van der Waals surface area contributed by atoms with Gasteiger partial charge in [0, 0.05) is 19.3 Å². The van der Waals surface area contributed by atoms with E-state index in [1.54, 1.807) is 0 Å². The van der Waals surface area contributed by atoms with Gasteiger partial charge in [-0.3, -0.25) is 9.79 Å². The molecule has 0 atom stereocenters. The summed E-state index contributed by atoms with van der Waals surface area (Å²) in [5.74, 6) is 0.125. The molecule has 0 bridgehead atoms. The van der Waals surface area contributed by atoms with Crippen molar-refractivity contribution in [2.75, 3.05) is 0 Å². The Morgan fingerprint density at radius 1 is 0.967 bits per heavy atom. The number of benzene rings is 3. The number of aliphatic hydroxyl groups is 1. The van der Waals surface area contributed by atoms with Crippen molar-refractivity contribution >= 4 is 28.0 Å². The normalized spacial score (nSPS) is 16.9. The molecule has 152 valence electrons. The van der Waals surface area contributed by atoms with E-state index in [-0.39, 0.29) is 17.0 Å². The number of nitrogens with zero attached hydrogens (tertiary/aromatic N) is 1. The lowest BCUT2D eigenvalue weighted by Crippen LogP contribution is -2.30. The van der Waals surface area contributed by atoms with E-state index < -0.39 is 0 Å². The lowest BCUT2D eigenvalue weighted by molar-refractivity contribution is -0.117. The second kappa shape index (κ2) is 7.91. The number of Topliss-reactive ketones (excluding diaryl/α,β-unsaturated/α-hetero) is 1. The first-order valence-electron chi connectivity index (χ1n) is 10.4. The van der Waals surface area contributed by atoms with Crippen LogP contribution in [0.4, 0.5) is 5.69 Å². The van der Waals surface area contributed by atoms with E-state index in [1.807, 2.05) is 63.2 Å². The van der Waals surface area contributed by atoms with Crippen molar-refractivity contribution in [2.45, 2.75) is 40.0 Å². The summed E-state index contributed by atoms with van der Waals surface area (Å²) < 4.78 is 0. The predicted molar refractivity (Wildman–Crippen MR) is 124 cm³/mol. The molecule has 3 heteroatoms. The maximum absolute atomic E-state index is 13.1. The fourth-order valence-corrected chi connectivity index (χ4v) is 4.26. The highest BCUT2D eigenvalue weighted by Crippen LogP contribution is 2.37. The highest BCUT2D eigenvalue weighted by molar-refractivity contribution is 6.24. The van der Waals surface area contributed by atoms with Crippen LogP contribution in [-0.4, -0.2) is 16.6 Å². The molecular weight excluding hydrogens is 370 g/mol. The summed E-state index contributed by atoms with van der Waals surface area (Å²) in [6, 6.07) is 22.3. The van der Waals surface area contributed by atoms with Gasteiger partial charge in [0.05, 0.1) is 17.0 Å².